The van der Waals surface area contributed by atoms with Crippen LogP contribution in [0.2, 0.25) is 15.1 Å². The van der Waals surface area contributed by atoms with E-state index in [1.54, 1.807) is 24.8 Å². The Bertz CT molecular complexity index is 946. The average molecular weight is 425 g/mol. The van der Waals surface area contributed by atoms with Gasteiger partial charge >= 0.3 is 0 Å². The molecule has 0 fully saturated rings. The second-order valence-corrected chi connectivity index (χ2v) is 7.96. The van der Waals surface area contributed by atoms with Crippen LogP contribution in [0.4, 0.5) is 5.69 Å². The van der Waals surface area contributed by atoms with E-state index in [1.165, 1.54) is 0 Å². The minimum absolute atomic E-state index is 0.00445. The molecule has 2 N–H and O–H groups in total. The molecule has 2 nitrogen and oxygen atoms in total. The first kappa shape index (κ1) is 19.2. The molecular formula is C20H16Cl3NOS. The van der Waals surface area contributed by atoms with Crippen LogP contribution in [0.3, 0.4) is 0 Å². The molecule has 3 rings (SSSR count). The predicted molar refractivity (Wildman–Crippen MR) is 112 cm³/mol. The van der Waals surface area contributed by atoms with E-state index in [4.69, 9.17) is 34.8 Å². The third kappa shape index (κ3) is 4.24. The first-order valence-corrected chi connectivity index (χ1v) is 9.84. The van der Waals surface area contributed by atoms with Gasteiger partial charge in [-0.15, -0.1) is 0 Å². The van der Waals surface area contributed by atoms with E-state index in [1.807, 2.05) is 48.5 Å². The molecule has 3 aromatic carbocycles. The van der Waals surface area contributed by atoms with Gasteiger partial charge in [-0.1, -0.05) is 76.9 Å². The van der Waals surface area contributed by atoms with Crippen LogP contribution in [0, 0.1) is 6.92 Å². The lowest BCUT2D eigenvalue weighted by Gasteiger charge is -2.14. The maximum Gasteiger partial charge on any atom is 0.157 e. The lowest BCUT2D eigenvalue weighted by molar-refractivity contribution is 0.477. The van der Waals surface area contributed by atoms with Gasteiger partial charge in [0.1, 0.15) is 0 Å². The summed E-state index contributed by atoms with van der Waals surface area (Å²) in [6.45, 7) is 2.28. The Kier molecular flexibility index (Phi) is 6.25. The molecule has 0 saturated heterocycles. The van der Waals surface area contributed by atoms with Gasteiger partial charge < -0.3 is 10.4 Å². The summed E-state index contributed by atoms with van der Waals surface area (Å²) in [6.07, 6.45) is 0. The van der Waals surface area contributed by atoms with Crippen LogP contribution >= 0.6 is 46.6 Å². The Balaban J connectivity index is 1.83. The standard InChI is InChI=1S/C20H16Cl3NOS/c1-12-15(22)10-16(20(25)19(12)23)24-11-13-6-2-4-8-17(13)26-18-9-5-3-7-14(18)21/h2-10,24-25H,11H2,1H3. The molecule has 0 aromatic heterocycles. The van der Waals surface area contributed by atoms with E-state index in [2.05, 4.69) is 5.32 Å². The van der Waals surface area contributed by atoms with Gasteiger partial charge in [-0.3, -0.25) is 0 Å². The summed E-state index contributed by atoms with van der Waals surface area (Å²) in [4.78, 5) is 2.07. The highest BCUT2D eigenvalue weighted by Gasteiger charge is 2.13. The van der Waals surface area contributed by atoms with Gasteiger partial charge in [0.25, 0.3) is 0 Å². The number of phenols is 1. The second-order valence-electron chi connectivity index (χ2n) is 5.69. The van der Waals surface area contributed by atoms with Gasteiger partial charge in [0.15, 0.2) is 5.75 Å². The van der Waals surface area contributed by atoms with Crippen LogP contribution < -0.4 is 5.32 Å². The molecule has 0 saturated carbocycles. The maximum atomic E-state index is 10.2. The topological polar surface area (TPSA) is 32.3 Å². The smallest absolute Gasteiger partial charge is 0.157 e. The van der Waals surface area contributed by atoms with Crippen LogP contribution in [0.15, 0.2) is 64.4 Å². The highest BCUT2D eigenvalue weighted by molar-refractivity contribution is 7.99. The maximum absolute atomic E-state index is 10.2. The number of anilines is 1. The van der Waals surface area contributed by atoms with Gasteiger partial charge in [-0.25, -0.2) is 0 Å². The van der Waals surface area contributed by atoms with Crippen molar-refractivity contribution in [2.75, 3.05) is 5.32 Å². The third-order valence-corrected chi connectivity index (χ3v) is 6.41. The van der Waals surface area contributed by atoms with Crippen LogP contribution in [0.5, 0.6) is 5.75 Å². The lowest BCUT2D eigenvalue weighted by atomic mass is 10.2. The van der Waals surface area contributed by atoms with Crippen molar-refractivity contribution in [3.05, 3.63) is 80.8 Å². The van der Waals surface area contributed by atoms with Crippen molar-refractivity contribution in [2.45, 2.75) is 23.3 Å². The quantitative estimate of drug-likeness (QED) is 0.418. The fourth-order valence-corrected chi connectivity index (χ4v) is 4.10. The van der Waals surface area contributed by atoms with Crippen LogP contribution in [0.1, 0.15) is 11.1 Å². The average Bonchev–Trinajstić information content (AvgIpc) is 2.65. The molecule has 0 unspecified atom stereocenters. The molecule has 0 aliphatic heterocycles. The summed E-state index contributed by atoms with van der Waals surface area (Å²) in [7, 11) is 0. The third-order valence-electron chi connectivity index (χ3n) is 3.92. The Hall–Kier alpha value is -1.52. The van der Waals surface area contributed by atoms with Gasteiger partial charge in [0.05, 0.1) is 15.7 Å². The SMILES string of the molecule is Cc1c(Cl)cc(NCc2ccccc2Sc2ccccc2Cl)c(O)c1Cl. The first-order chi connectivity index (χ1) is 12.5. The minimum Gasteiger partial charge on any atom is -0.504 e. The fourth-order valence-electron chi connectivity index (χ4n) is 2.42. The molecule has 0 bridgehead atoms. The molecule has 0 spiro atoms. The Labute approximate surface area is 172 Å². The zero-order valence-electron chi connectivity index (χ0n) is 13.9. The Morgan fingerprint density at radius 2 is 1.58 bits per heavy atom. The van der Waals surface area contributed by atoms with Gasteiger partial charge in [0.2, 0.25) is 0 Å². The molecular weight excluding hydrogens is 409 g/mol. The molecule has 0 amide bonds. The summed E-state index contributed by atoms with van der Waals surface area (Å²) >= 11 is 20.2. The Morgan fingerprint density at radius 3 is 2.31 bits per heavy atom. The number of aromatic hydroxyl groups is 1. The highest BCUT2D eigenvalue weighted by Crippen LogP contribution is 2.40. The summed E-state index contributed by atoms with van der Waals surface area (Å²) in [5, 5.41) is 14.9. The van der Waals surface area contributed by atoms with E-state index >= 15 is 0 Å². The molecule has 134 valence electrons. The van der Waals surface area contributed by atoms with E-state index in [0.29, 0.717) is 22.8 Å². The van der Waals surface area contributed by atoms with Crippen molar-refractivity contribution >= 4 is 52.3 Å². The molecule has 26 heavy (non-hydrogen) atoms. The number of benzene rings is 3. The molecule has 6 heteroatoms. The number of phenolic OH excluding ortho intramolecular Hbond substituents is 1. The van der Waals surface area contributed by atoms with E-state index in [0.717, 1.165) is 20.4 Å². The number of hydrogen-bond donors (Lipinski definition) is 2. The molecule has 0 radical (unpaired) electrons. The fraction of sp³-hybridized carbons (Fsp3) is 0.100. The number of nitrogens with one attached hydrogen (secondary N) is 1. The molecule has 0 aliphatic carbocycles. The monoisotopic (exact) mass is 423 g/mol. The van der Waals surface area contributed by atoms with Crippen molar-refractivity contribution in [1.82, 2.24) is 0 Å². The molecule has 3 aromatic rings. The minimum atomic E-state index is 0.00445. The van der Waals surface area contributed by atoms with Crippen molar-refractivity contribution in [3.63, 3.8) is 0 Å². The summed E-state index contributed by atoms with van der Waals surface area (Å²) in [5.74, 6) is 0.00445. The highest BCUT2D eigenvalue weighted by atomic mass is 35.5. The van der Waals surface area contributed by atoms with Crippen molar-refractivity contribution in [2.24, 2.45) is 0 Å². The number of hydrogen-bond acceptors (Lipinski definition) is 3. The zero-order chi connectivity index (χ0) is 18.7. The first-order valence-electron chi connectivity index (χ1n) is 7.89. The van der Waals surface area contributed by atoms with Crippen LogP contribution in [-0.4, -0.2) is 5.11 Å². The normalized spacial score (nSPS) is 10.8. The zero-order valence-corrected chi connectivity index (χ0v) is 17.0. The van der Waals surface area contributed by atoms with Gasteiger partial charge in [-0.2, -0.15) is 0 Å². The van der Waals surface area contributed by atoms with Crippen LogP contribution in [-0.2, 0) is 6.54 Å². The van der Waals surface area contributed by atoms with E-state index in [-0.39, 0.29) is 10.8 Å². The van der Waals surface area contributed by atoms with Crippen molar-refractivity contribution < 1.29 is 5.11 Å². The summed E-state index contributed by atoms with van der Waals surface area (Å²) < 4.78 is 0. The van der Waals surface area contributed by atoms with Gasteiger partial charge in [-0.05, 0) is 42.3 Å². The number of halogens is 3. The van der Waals surface area contributed by atoms with E-state index in [9.17, 15) is 5.11 Å². The predicted octanol–water partition coefficient (Wildman–Crippen LogP) is 7.42. The summed E-state index contributed by atoms with van der Waals surface area (Å²) in [6, 6.07) is 17.4. The van der Waals surface area contributed by atoms with E-state index < -0.39 is 0 Å². The summed E-state index contributed by atoms with van der Waals surface area (Å²) in [5.41, 5.74) is 2.24. The molecule has 0 heterocycles. The number of rotatable bonds is 5. The second kappa shape index (κ2) is 8.45. The van der Waals surface area contributed by atoms with Crippen molar-refractivity contribution in [3.8, 4) is 5.75 Å². The molecule has 0 atom stereocenters. The molecule has 0 aliphatic rings. The van der Waals surface area contributed by atoms with Crippen molar-refractivity contribution in [1.29, 1.82) is 0 Å². The lowest BCUT2D eigenvalue weighted by Crippen LogP contribution is -2.02. The van der Waals surface area contributed by atoms with Crippen LogP contribution in [0.25, 0.3) is 0 Å². The van der Waals surface area contributed by atoms with Gasteiger partial charge in [0, 0.05) is 21.4 Å². The largest absolute Gasteiger partial charge is 0.504 e. The Morgan fingerprint density at radius 1 is 0.923 bits per heavy atom.